The van der Waals surface area contributed by atoms with Crippen LogP contribution >= 0.6 is 12.4 Å². The SMILES string of the molecule is CC1(C)CCC(CNC(=O)C(N)Cc2ccccc2)CC1.Cl. The second-order valence-electron chi connectivity index (χ2n) is 7.15. The van der Waals surface area contributed by atoms with E-state index in [2.05, 4.69) is 19.2 Å². The number of carbonyl (C=O) groups is 1. The molecule has 2 rings (SSSR count). The molecule has 0 aliphatic heterocycles. The summed E-state index contributed by atoms with van der Waals surface area (Å²) in [6.45, 7) is 5.44. The van der Waals surface area contributed by atoms with Crippen molar-refractivity contribution in [3.63, 3.8) is 0 Å². The van der Waals surface area contributed by atoms with Gasteiger partial charge in [-0.05, 0) is 49.0 Å². The molecule has 1 aliphatic rings. The van der Waals surface area contributed by atoms with E-state index in [-0.39, 0.29) is 18.3 Å². The maximum absolute atomic E-state index is 12.1. The van der Waals surface area contributed by atoms with Gasteiger partial charge in [-0.2, -0.15) is 0 Å². The van der Waals surface area contributed by atoms with Crippen LogP contribution in [-0.4, -0.2) is 18.5 Å². The molecular formula is C18H29ClN2O. The number of hydrogen-bond donors (Lipinski definition) is 2. The molecule has 124 valence electrons. The van der Waals surface area contributed by atoms with Crippen LogP contribution in [0.1, 0.15) is 45.1 Å². The smallest absolute Gasteiger partial charge is 0.237 e. The molecule has 1 unspecified atom stereocenters. The van der Waals surface area contributed by atoms with Crippen LogP contribution in [0.15, 0.2) is 30.3 Å². The quantitative estimate of drug-likeness (QED) is 0.873. The molecule has 0 saturated heterocycles. The van der Waals surface area contributed by atoms with Crippen molar-refractivity contribution in [2.75, 3.05) is 6.54 Å². The van der Waals surface area contributed by atoms with Crippen LogP contribution in [0, 0.1) is 11.3 Å². The van der Waals surface area contributed by atoms with E-state index in [1.165, 1.54) is 25.7 Å². The molecule has 3 nitrogen and oxygen atoms in total. The Hall–Kier alpha value is -1.06. The largest absolute Gasteiger partial charge is 0.354 e. The van der Waals surface area contributed by atoms with E-state index in [1.807, 2.05) is 30.3 Å². The first-order valence-electron chi connectivity index (χ1n) is 8.03. The molecule has 0 heterocycles. The van der Waals surface area contributed by atoms with Crippen LogP contribution in [0.5, 0.6) is 0 Å². The number of amides is 1. The number of rotatable bonds is 5. The summed E-state index contributed by atoms with van der Waals surface area (Å²) in [5.74, 6) is 0.592. The van der Waals surface area contributed by atoms with Gasteiger partial charge in [0.15, 0.2) is 0 Å². The van der Waals surface area contributed by atoms with E-state index in [9.17, 15) is 4.79 Å². The van der Waals surface area contributed by atoms with Gasteiger partial charge in [-0.3, -0.25) is 4.79 Å². The van der Waals surface area contributed by atoms with E-state index >= 15 is 0 Å². The Morgan fingerprint density at radius 3 is 2.45 bits per heavy atom. The predicted octanol–water partition coefficient (Wildman–Crippen LogP) is 3.31. The molecule has 3 N–H and O–H groups in total. The summed E-state index contributed by atoms with van der Waals surface area (Å²) >= 11 is 0. The molecule has 0 bridgehead atoms. The molecule has 0 spiro atoms. The Bertz CT molecular complexity index is 451. The standard InChI is InChI=1S/C18H28N2O.ClH/c1-18(2)10-8-15(9-11-18)13-20-17(21)16(19)12-14-6-4-3-5-7-14;/h3-7,15-16H,8-13,19H2,1-2H3,(H,20,21);1H. The van der Waals surface area contributed by atoms with Crippen LogP contribution in [0.2, 0.25) is 0 Å². The van der Waals surface area contributed by atoms with E-state index in [1.54, 1.807) is 0 Å². The Morgan fingerprint density at radius 1 is 1.27 bits per heavy atom. The molecule has 1 saturated carbocycles. The van der Waals surface area contributed by atoms with Gasteiger partial charge in [0.05, 0.1) is 6.04 Å². The molecule has 1 amide bonds. The molecule has 0 radical (unpaired) electrons. The van der Waals surface area contributed by atoms with Gasteiger partial charge < -0.3 is 11.1 Å². The third-order valence-corrected chi connectivity index (χ3v) is 4.66. The number of nitrogens with two attached hydrogens (primary N) is 1. The highest BCUT2D eigenvalue weighted by Gasteiger charge is 2.27. The van der Waals surface area contributed by atoms with Crippen molar-refractivity contribution in [1.29, 1.82) is 0 Å². The van der Waals surface area contributed by atoms with Gasteiger partial charge in [-0.1, -0.05) is 44.2 Å². The van der Waals surface area contributed by atoms with Crippen molar-refractivity contribution < 1.29 is 4.79 Å². The predicted molar refractivity (Wildman–Crippen MR) is 94.1 cm³/mol. The fourth-order valence-corrected chi connectivity index (χ4v) is 3.00. The van der Waals surface area contributed by atoms with E-state index < -0.39 is 6.04 Å². The minimum Gasteiger partial charge on any atom is -0.354 e. The van der Waals surface area contributed by atoms with Crippen LogP contribution in [-0.2, 0) is 11.2 Å². The van der Waals surface area contributed by atoms with Crippen molar-refractivity contribution in [2.45, 2.75) is 52.0 Å². The Kier molecular flexibility index (Phi) is 7.37. The first-order chi connectivity index (χ1) is 9.96. The van der Waals surface area contributed by atoms with Crippen LogP contribution in [0.3, 0.4) is 0 Å². The van der Waals surface area contributed by atoms with Gasteiger partial charge in [0.1, 0.15) is 0 Å². The molecule has 4 heteroatoms. The molecule has 1 aliphatic carbocycles. The van der Waals surface area contributed by atoms with Gasteiger partial charge in [-0.15, -0.1) is 12.4 Å². The monoisotopic (exact) mass is 324 g/mol. The maximum Gasteiger partial charge on any atom is 0.237 e. The number of nitrogens with one attached hydrogen (secondary N) is 1. The average Bonchev–Trinajstić information content (AvgIpc) is 2.47. The summed E-state index contributed by atoms with van der Waals surface area (Å²) in [5.41, 5.74) is 7.58. The topological polar surface area (TPSA) is 55.1 Å². The van der Waals surface area contributed by atoms with Crippen molar-refractivity contribution in [3.8, 4) is 0 Å². The fraction of sp³-hybridized carbons (Fsp3) is 0.611. The van der Waals surface area contributed by atoms with Gasteiger partial charge in [0.25, 0.3) is 0 Å². The Labute approximate surface area is 140 Å². The molecule has 1 aromatic carbocycles. The number of benzene rings is 1. The summed E-state index contributed by atoms with van der Waals surface area (Å²) in [5, 5.41) is 3.04. The van der Waals surface area contributed by atoms with Gasteiger partial charge >= 0.3 is 0 Å². The number of hydrogen-bond acceptors (Lipinski definition) is 2. The summed E-state index contributed by atoms with van der Waals surface area (Å²) < 4.78 is 0. The molecule has 1 atom stereocenters. The lowest BCUT2D eigenvalue weighted by Gasteiger charge is -2.34. The zero-order valence-corrected chi connectivity index (χ0v) is 14.5. The first-order valence-corrected chi connectivity index (χ1v) is 8.03. The second-order valence-corrected chi connectivity index (χ2v) is 7.15. The van der Waals surface area contributed by atoms with E-state index in [4.69, 9.17) is 5.73 Å². The second kappa shape index (κ2) is 8.54. The maximum atomic E-state index is 12.1. The Balaban J connectivity index is 0.00000242. The molecule has 22 heavy (non-hydrogen) atoms. The Morgan fingerprint density at radius 2 is 1.86 bits per heavy atom. The summed E-state index contributed by atoms with van der Waals surface area (Å²) in [4.78, 5) is 12.1. The van der Waals surface area contributed by atoms with Crippen LogP contribution in [0.4, 0.5) is 0 Å². The van der Waals surface area contributed by atoms with Gasteiger partial charge in [-0.25, -0.2) is 0 Å². The molecule has 1 fully saturated rings. The fourth-order valence-electron chi connectivity index (χ4n) is 3.00. The highest BCUT2D eigenvalue weighted by Crippen LogP contribution is 2.37. The van der Waals surface area contributed by atoms with Crippen LogP contribution in [0.25, 0.3) is 0 Å². The third kappa shape index (κ3) is 5.98. The zero-order valence-electron chi connectivity index (χ0n) is 13.7. The van der Waals surface area contributed by atoms with Crippen molar-refractivity contribution in [2.24, 2.45) is 17.1 Å². The third-order valence-electron chi connectivity index (χ3n) is 4.66. The lowest BCUT2D eigenvalue weighted by Crippen LogP contribution is -2.44. The first kappa shape index (κ1) is 19.0. The molecular weight excluding hydrogens is 296 g/mol. The van der Waals surface area contributed by atoms with Crippen LogP contribution < -0.4 is 11.1 Å². The minimum atomic E-state index is -0.451. The minimum absolute atomic E-state index is 0. The lowest BCUT2D eigenvalue weighted by atomic mass is 9.73. The summed E-state index contributed by atoms with van der Waals surface area (Å²) in [7, 11) is 0. The van der Waals surface area contributed by atoms with Crippen molar-refractivity contribution >= 4 is 18.3 Å². The van der Waals surface area contributed by atoms with Gasteiger partial charge in [0.2, 0.25) is 5.91 Å². The highest BCUT2D eigenvalue weighted by atomic mass is 35.5. The number of carbonyl (C=O) groups excluding carboxylic acids is 1. The normalized spacial score (nSPS) is 19.0. The lowest BCUT2D eigenvalue weighted by molar-refractivity contribution is -0.122. The zero-order chi connectivity index (χ0) is 15.3. The molecule has 1 aromatic rings. The average molecular weight is 325 g/mol. The van der Waals surface area contributed by atoms with Crippen molar-refractivity contribution in [3.05, 3.63) is 35.9 Å². The van der Waals surface area contributed by atoms with E-state index in [0.29, 0.717) is 17.8 Å². The highest BCUT2D eigenvalue weighted by molar-refractivity contribution is 5.85. The molecule has 0 aromatic heterocycles. The summed E-state index contributed by atoms with van der Waals surface area (Å²) in [6, 6.07) is 9.49. The summed E-state index contributed by atoms with van der Waals surface area (Å²) in [6.07, 6.45) is 5.53. The van der Waals surface area contributed by atoms with E-state index in [0.717, 1.165) is 12.1 Å². The number of halogens is 1. The van der Waals surface area contributed by atoms with Gasteiger partial charge in [0, 0.05) is 6.54 Å². The van der Waals surface area contributed by atoms with Crippen molar-refractivity contribution in [1.82, 2.24) is 5.32 Å².